The molecule has 0 saturated carbocycles. The fourth-order valence-corrected chi connectivity index (χ4v) is 3.92. The van der Waals surface area contributed by atoms with Gasteiger partial charge in [0.15, 0.2) is 10.9 Å². The number of hydrogen-bond donors (Lipinski definition) is 0. The van der Waals surface area contributed by atoms with Crippen molar-refractivity contribution in [3.05, 3.63) is 68.4 Å². The molecule has 3 rings (SSSR count). The van der Waals surface area contributed by atoms with Crippen LogP contribution in [0.15, 0.2) is 52.4 Å². The van der Waals surface area contributed by atoms with Crippen LogP contribution in [0.25, 0.3) is 10.9 Å². The summed E-state index contributed by atoms with van der Waals surface area (Å²) in [6, 6.07) is 12.0. The van der Waals surface area contributed by atoms with Crippen LogP contribution in [0.4, 0.5) is 0 Å². The normalized spacial score (nSPS) is 11.1. The van der Waals surface area contributed by atoms with Crippen molar-refractivity contribution in [3.8, 4) is 0 Å². The number of fused-ring (bicyclic) bond motifs is 1. The van der Waals surface area contributed by atoms with E-state index in [1.165, 1.54) is 11.8 Å². The molecule has 0 amide bonds. The molecule has 0 unspecified atom stereocenters. The monoisotopic (exact) mass is 436 g/mol. The highest BCUT2D eigenvalue weighted by Gasteiger charge is 2.14. The molecule has 0 N–H and O–H groups in total. The molecule has 0 saturated heterocycles. The Bertz CT molecular complexity index is 1070. The highest BCUT2D eigenvalue weighted by Crippen LogP contribution is 2.24. The summed E-state index contributed by atoms with van der Waals surface area (Å²) < 4.78 is 6.69. The van der Waals surface area contributed by atoms with Crippen molar-refractivity contribution < 1.29 is 9.53 Å². The number of thioether (sulfide) groups is 1. The first kappa shape index (κ1) is 20.9. The number of hydrogen-bond acceptors (Lipinski definition) is 5. The van der Waals surface area contributed by atoms with Crippen molar-refractivity contribution >= 4 is 51.6 Å². The maximum absolute atomic E-state index is 12.9. The Hall–Kier alpha value is -1.86. The summed E-state index contributed by atoms with van der Waals surface area (Å²) in [6.07, 6.45) is 0.671. The predicted octanol–water partition coefficient (Wildman–Crippen LogP) is 4.71. The molecule has 0 radical (unpaired) electrons. The Balaban J connectivity index is 1.87. The molecule has 0 aliphatic rings. The zero-order chi connectivity index (χ0) is 20.1. The molecule has 5 nitrogen and oxygen atoms in total. The van der Waals surface area contributed by atoms with Crippen molar-refractivity contribution in [2.75, 3.05) is 19.5 Å². The molecule has 0 aliphatic heterocycles. The Morgan fingerprint density at radius 1 is 1.18 bits per heavy atom. The molecule has 146 valence electrons. The molecule has 1 aromatic heterocycles. The molecule has 1 heterocycles. The summed E-state index contributed by atoms with van der Waals surface area (Å²) in [6.45, 7) is 0.999. The van der Waals surface area contributed by atoms with Crippen LogP contribution in [0.5, 0.6) is 0 Å². The van der Waals surface area contributed by atoms with Crippen LogP contribution in [0, 0.1) is 0 Å². The van der Waals surface area contributed by atoms with Gasteiger partial charge in [0, 0.05) is 25.8 Å². The van der Waals surface area contributed by atoms with Crippen molar-refractivity contribution in [3.63, 3.8) is 0 Å². The van der Waals surface area contributed by atoms with E-state index in [-0.39, 0.29) is 17.1 Å². The van der Waals surface area contributed by atoms with Crippen molar-refractivity contribution in [1.82, 2.24) is 9.55 Å². The lowest BCUT2D eigenvalue weighted by molar-refractivity contribution is 0.102. The van der Waals surface area contributed by atoms with Crippen molar-refractivity contribution in [2.24, 2.45) is 0 Å². The molecule has 0 spiro atoms. The highest BCUT2D eigenvalue weighted by atomic mass is 35.5. The van der Waals surface area contributed by atoms with E-state index in [1.54, 1.807) is 42.0 Å². The van der Waals surface area contributed by atoms with Crippen LogP contribution >= 0.6 is 35.0 Å². The van der Waals surface area contributed by atoms with Gasteiger partial charge in [-0.15, -0.1) is 0 Å². The standard InChI is InChI=1S/C20H18Cl2N2O3S/c1-27-10-4-9-24-19(26)14-5-2-3-6-17(14)23-20(24)28-12-18(25)13-7-8-15(21)16(22)11-13/h2-3,5-8,11H,4,9-10,12H2,1H3. The van der Waals surface area contributed by atoms with Gasteiger partial charge in [-0.05, 0) is 36.8 Å². The highest BCUT2D eigenvalue weighted by molar-refractivity contribution is 7.99. The zero-order valence-corrected chi connectivity index (χ0v) is 17.5. The van der Waals surface area contributed by atoms with Crippen LogP contribution in [0.3, 0.4) is 0 Å². The zero-order valence-electron chi connectivity index (χ0n) is 15.2. The Kier molecular flexibility index (Phi) is 7.13. The van der Waals surface area contributed by atoms with Crippen molar-refractivity contribution in [2.45, 2.75) is 18.1 Å². The largest absolute Gasteiger partial charge is 0.385 e. The minimum Gasteiger partial charge on any atom is -0.385 e. The molecule has 0 atom stereocenters. The Morgan fingerprint density at radius 3 is 2.71 bits per heavy atom. The molecular formula is C20H18Cl2N2O3S. The summed E-state index contributed by atoms with van der Waals surface area (Å²) in [5, 5.41) is 1.79. The first-order valence-electron chi connectivity index (χ1n) is 8.61. The van der Waals surface area contributed by atoms with Gasteiger partial charge in [-0.3, -0.25) is 14.2 Å². The summed E-state index contributed by atoms with van der Waals surface area (Å²) in [7, 11) is 1.62. The van der Waals surface area contributed by atoms with E-state index in [9.17, 15) is 9.59 Å². The van der Waals surface area contributed by atoms with E-state index in [1.807, 2.05) is 12.1 Å². The van der Waals surface area contributed by atoms with Crippen LogP contribution < -0.4 is 5.56 Å². The number of halogens is 2. The van der Waals surface area contributed by atoms with Crippen molar-refractivity contribution in [1.29, 1.82) is 0 Å². The number of ether oxygens (including phenoxy) is 1. The third kappa shape index (κ3) is 4.75. The number of methoxy groups -OCH3 is 1. The third-order valence-electron chi connectivity index (χ3n) is 4.13. The molecule has 2 aromatic carbocycles. The smallest absolute Gasteiger partial charge is 0.262 e. The van der Waals surface area contributed by atoms with E-state index in [4.69, 9.17) is 27.9 Å². The van der Waals surface area contributed by atoms with Gasteiger partial charge in [-0.25, -0.2) is 4.98 Å². The van der Waals surface area contributed by atoms with Gasteiger partial charge in [0.25, 0.3) is 5.56 Å². The predicted molar refractivity (Wildman–Crippen MR) is 114 cm³/mol. The number of ketones is 1. The number of carbonyl (C=O) groups is 1. The minimum absolute atomic E-state index is 0.116. The molecule has 0 aliphatic carbocycles. The number of para-hydroxylation sites is 1. The second-order valence-electron chi connectivity index (χ2n) is 6.06. The van der Waals surface area contributed by atoms with Gasteiger partial charge in [-0.2, -0.15) is 0 Å². The lowest BCUT2D eigenvalue weighted by atomic mass is 10.1. The third-order valence-corrected chi connectivity index (χ3v) is 5.85. The molecular weight excluding hydrogens is 419 g/mol. The molecule has 8 heteroatoms. The van der Waals surface area contributed by atoms with Gasteiger partial charge in [-0.1, -0.05) is 47.1 Å². The fraction of sp³-hybridized carbons (Fsp3) is 0.250. The number of Topliss-reactive ketones (excluding diaryl/α,β-unsaturated/α-hetero) is 1. The Labute approximate surface area is 176 Å². The average molecular weight is 437 g/mol. The van der Waals surface area contributed by atoms with Gasteiger partial charge in [0.2, 0.25) is 0 Å². The van der Waals surface area contributed by atoms with E-state index < -0.39 is 0 Å². The van der Waals surface area contributed by atoms with Gasteiger partial charge in [0.1, 0.15) is 0 Å². The quantitative estimate of drug-likeness (QED) is 0.221. The van der Waals surface area contributed by atoms with Crippen LogP contribution in [0.1, 0.15) is 16.8 Å². The second-order valence-corrected chi connectivity index (χ2v) is 7.81. The van der Waals surface area contributed by atoms with Gasteiger partial charge >= 0.3 is 0 Å². The summed E-state index contributed by atoms with van der Waals surface area (Å²) >= 11 is 13.1. The van der Waals surface area contributed by atoms with Gasteiger partial charge < -0.3 is 4.74 Å². The first-order valence-corrected chi connectivity index (χ1v) is 10.3. The summed E-state index contributed by atoms with van der Waals surface area (Å²) in [5.74, 6) is 0.0157. The van der Waals surface area contributed by atoms with E-state index >= 15 is 0 Å². The number of rotatable bonds is 8. The van der Waals surface area contributed by atoms with E-state index in [0.29, 0.717) is 51.2 Å². The number of nitrogens with zero attached hydrogens (tertiary/aromatic N) is 2. The van der Waals surface area contributed by atoms with Crippen LogP contribution in [0.2, 0.25) is 10.0 Å². The lowest BCUT2D eigenvalue weighted by Gasteiger charge is -2.13. The number of carbonyl (C=O) groups excluding carboxylic acids is 1. The Morgan fingerprint density at radius 2 is 1.96 bits per heavy atom. The molecule has 0 bridgehead atoms. The maximum Gasteiger partial charge on any atom is 0.262 e. The lowest BCUT2D eigenvalue weighted by Crippen LogP contribution is -2.24. The fourth-order valence-electron chi connectivity index (χ4n) is 2.71. The van der Waals surface area contributed by atoms with E-state index in [0.717, 1.165) is 0 Å². The molecule has 28 heavy (non-hydrogen) atoms. The summed E-state index contributed by atoms with van der Waals surface area (Å²) in [5.41, 5.74) is 0.960. The van der Waals surface area contributed by atoms with Gasteiger partial charge in [0.05, 0.1) is 26.7 Å². The molecule has 3 aromatic rings. The van der Waals surface area contributed by atoms with Crippen LogP contribution in [-0.2, 0) is 11.3 Å². The van der Waals surface area contributed by atoms with E-state index in [2.05, 4.69) is 4.98 Å². The number of benzene rings is 2. The first-order chi connectivity index (χ1) is 13.5. The topological polar surface area (TPSA) is 61.2 Å². The summed E-state index contributed by atoms with van der Waals surface area (Å²) in [4.78, 5) is 30.0. The molecule has 0 fully saturated rings. The number of aromatic nitrogens is 2. The SMILES string of the molecule is COCCCn1c(SCC(=O)c2ccc(Cl)c(Cl)c2)nc2ccccc2c1=O. The average Bonchev–Trinajstić information content (AvgIpc) is 2.70. The van der Waals surface area contributed by atoms with Crippen LogP contribution in [-0.4, -0.2) is 34.8 Å². The minimum atomic E-state index is -0.119. The second kappa shape index (κ2) is 9.56. The maximum atomic E-state index is 12.9.